The van der Waals surface area contributed by atoms with Gasteiger partial charge in [0.25, 0.3) is 0 Å². The summed E-state index contributed by atoms with van der Waals surface area (Å²) < 4.78 is 0. The van der Waals surface area contributed by atoms with Gasteiger partial charge in [0, 0.05) is 0 Å². The first kappa shape index (κ1) is 8.16. The van der Waals surface area contributed by atoms with E-state index in [1.54, 1.807) is 0 Å². The van der Waals surface area contributed by atoms with Crippen LogP contribution in [-0.2, 0) is 0 Å². The van der Waals surface area contributed by atoms with E-state index in [1.807, 2.05) is 0 Å². The van der Waals surface area contributed by atoms with E-state index in [-0.39, 0.29) is 0 Å². The topological polar surface area (TPSA) is 0 Å². The highest BCUT2D eigenvalue weighted by molar-refractivity contribution is 6.08. The molecule has 0 nitrogen and oxygen atoms in total. The van der Waals surface area contributed by atoms with E-state index in [1.165, 1.54) is 25.7 Å². The number of rotatable bonds is 1. The summed E-state index contributed by atoms with van der Waals surface area (Å²) in [7, 11) is 5.68. The van der Waals surface area contributed by atoms with Crippen LogP contribution in [0.3, 0.4) is 0 Å². The molecule has 1 atom stereocenters. The Hall–Kier alpha value is 0.0649. The van der Waals surface area contributed by atoms with Crippen LogP contribution in [0.4, 0.5) is 0 Å². The molecule has 0 saturated heterocycles. The molecule has 1 unspecified atom stereocenters. The first-order chi connectivity index (χ1) is 4.67. The Morgan fingerprint density at radius 1 is 1.40 bits per heavy atom. The Morgan fingerprint density at radius 2 is 2.10 bits per heavy atom. The van der Waals surface area contributed by atoms with E-state index in [2.05, 4.69) is 13.8 Å². The highest BCUT2D eigenvalue weighted by atomic mass is 14.3. The third-order valence-electron chi connectivity index (χ3n) is 3.01. The zero-order chi connectivity index (χ0) is 7.61. The molecule has 0 spiro atoms. The van der Waals surface area contributed by atoms with E-state index in [0.717, 1.165) is 12.2 Å². The summed E-state index contributed by atoms with van der Waals surface area (Å²) in [5, 5.41) is 0. The van der Waals surface area contributed by atoms with Crippen LogP contribution in [0, 0.1) is 11.3 Å². The molecule has 2 radical (unpaired) electrons. The molecule has 0 aliphatic heterocycles. The summed E-state index contributed by atoms with van der Waals surface area (Å²) in [6, 6.07) is 0. The SMILES string of the molecule is [B]CC1CCCCC1(C)C. The highest BCUT2D eigenvalue weighted by Crippen LogP contribution is 2.41. The second-order valence-corrected chi connectivity index (χ2v) is 4.17. The van der Waals surface area contributed by atoms with Gasteiger partial charge in [-0.25, -0.2) is 0 Å². The van der Waals surface area contributed by atoms with Crippen molar-refractivity contribution in [3.8, 4) is 0 Å². The van der Waals surface area contributed by atoms with Crippen LogP contribution in [0.25, 0.3) is 0 Å². The average molecular weight is 136 g/mol. The fraction of sp³-hybridized carbons (Fsp3) is 1.00. The lowest BCUT2D eigenvalue weighted by Gasteiger charge is -2.38. The van der Waals surface area contributed by atoms with E-state index >= 15 is 0 Å². The zero-order valence-electron chi connectivity index (χ0n) is 7.19. The standard InChI is InChI=1S/C9H17B/c1-9(2)6-4-3-5-8(9)7-10/h8H,3-7H2,1-2H3. The minimum absolute atomic E-state index is 0.521. The van der Waals surface area contributed by atoms with Crippen molar-refractivity contribution in [1.29, 1.82) is 0 Å². The summed E-state index contributed by atoms with van der Waals surface area (Å²) in [6.45, 7) is 4.70. The monoisotopic (exact) mass is 136 g/mol. The molecular formula is C9H17B. The van der Waals surface area contributed by atoms with Crippen LogP contribution in [0.15, 0.2) is 0 Å². The summed E-state index contributed by atoms with van der Waals surface area (Å²) in [4.78, 5) is 0. The van der Waals surface area contributed by atoms with E-state index < -0.39 is 0 Å². The third kappa shape index (κ3) is 1.56. The van der Waals surface area contributed by atoms with Gasteiger partial charge in [-0.2, -0.15) is 0 Å². The van der Waals surface area contributed by atoms with Gasteiger partial charge in [0.2, 0.25) is 0 Å². The van der Waals surface area contributed by atoms with E-state index in [4.69, 9.17) is 7.85 Å². The fourth-order valence-electron chi connectivity index (χ4n) is 2.00. The van der Waals surface area contributed by atoms with Crippen LogP contribution < -0.4 is 0 Å². The van der Waals surface area contributed by atoms with Crippen LogP contribution in [0.1, 0.15) is 39.5 Å². The predicted molar refractivity (Wildman–Crippen MR) is 46.3 cm³/mol. The first-order valence-corrected chi connectivity index (χ1v) is 4.37. The second-order valence-electron chi connectivity index (χ2n) is 4.17. The molecule has 10 heavy (non-hydrogen) atoms. The number of hydrogen-bond donors (Lipinski definition) is 0. The summed E-state index contributed by atoms with van der Waals surface area (Å²) in [5.74, 6) is 0.779. The normalized spacial score (nSPS) is 32.0. The molecular weight excluding hydrogens is 119 g/mol. The van der Waals surface area contributed by atoms with Gasteiger partial charge in [0.15, 0.2) is 0 Å². The van der Waals surface area contributed by atoms with Crippen molar-refractivity contribution in [2.75, 3.05) is 0 Å². The lowest BCUT2D eigenvalue weighted by Crippen LogP contribution is -2.27. The smallest absolute Gasteiger partial charge is 0.0657 e. The average Bonchev–Trinajstić information content (AvgIpc) is 1.87. The molecule has 0 aromatic rings. The molecule has 1 aliphatic carbocycles. The molecule has 0 bridgehead atoms. The first-order valence-electron chi connectivity index (χ1n) is 4.37. The molecule has 0 aromatic heterocycles. The van der Waals surface area contributed by atoms with Crippen molar-refractivity contribution in [1.82, 2.24) is 0 Å². The second kappa shape index (κ2) is 2.98. The van der Waals surface area contributed by atoms with Crippen LogP contribution in [0.2, 0.25) is 6.32 Å². The Bertz CT molecular complexity index is 107. The summed E-state index contributed by atoms with van der Waals surface area (Å²) in [6.07, 6.45) is 6.40. The Balaban J connectivity index is 2.51. The quantitative estimate of drug-likeness (QED) is 0.486. The van der Waals surface area contributed by atoms with Gasteiger partial charge in [-0.05, 0) is 17.8 Å². The van der Waals surface area contributed by atoms with Crippen molar-refractivity contribution >= 4 is 7.85 Å². The maximum absolute atomic E-state index is 5.68. The summed E-state index contributed by atoms with van der Waals surface area (Å²) in [5.41, 5.74) is 0.521. The van der Waals surface area contributed by atoms with Crippen molar-refractivity contribution in [3.05, 3.63) is 0 Å². The van der Waals surface area contributed by atoms with Gasteiger partial charge in [-0.1, -0.05) is 39.4 Å². The van der Waals surface area contributed by atoms with Gasteiger partial charge < -0.3 is 0 Å². The molecule has 1 aliphatic rings. The molecule has 0 heterocycles. The largest absolute Gasteiger partial charge is 0.0854 e. The van der Waals surface area contributed by atoms with Crippen LogP contribution >= 0.6 is 0 Å². The maximum atomic E-state index is 5.68. The minimum atomic E-state index is 0.521. The lowest BCUT2D eigenvalue weighted by atomic mass is 9.64. The van der Waals surface area contributed by atoms with Crippen LogP contribution in [-0.4, -0.2) is 7.85 Å². The van der Waals surface area contributed by atoms with Gasteiger partial charge >= 0.3 is 0 Å². The zero-order valence-corrected chi connectivity index (χ0v) is 7.19. The molecule has 56 valence electrons. The molecule has 1 fully saturated rings. The van der Waals surface area contributed by atoms with Gasteiger partial charge in [0.05, 0.1) is 7.85 Å². The Morgan fingerprint density at radius 3 is 2.50 bits per heavy atom. The molecule has 1 heteroatoms. The van der Waals surface area contributed by atoms with E-state index in [9.17, 15) is 0 Å². The minimum Gasteiger partial charge on any atom is -0.0854 e. The third-order valence-corrected chi connectivity index (χ3v) is 3.01. The van der Waals surface area contributed by atoms with Crippen molar-refractivity contribution in [2.45, 2.75) is 45.9 Å². The Kier molecular flexibility index (Phi) is 2.43. The number of hydrogen-bond acceptors (Lipinski definition) is 0. The molecule has 0 N–H and O–H groups in total. The summed E-state index contributed by atoms with van der Waals surface area (Å²) >= 11 is 0. The van der Waals surface area contributed by atoms with Gasteiger partial charge in [-0.15, -0.1) is 0 Å². The molecule has 0 aromatic carbocycles. The van der Waals surface area contributed by atoms with Gasteiger partial charge in [0.1, 0.15) is 0 Å². The van der Waals surface area contributed by atoms with Crippen molar-refractivity contribution < 1.29 is 0 Å². The van der Waals surface area contributed by atoms with Gasteiger partial charge in [-0.3, -0.25) is 0 Å². The molecule has 1 rings (SSSR count). The maximum Gasteiger partial charge on any atom is 0.0657 e. The van der Waals surface area contributed by atoms with Crippen LogP contribution in [0.5, 0.6) is 0 Å². The fourth-order valence-corrected chi connectivity index (χ4v) is 2.00. The van der Waals surface area contributed by atoms with Crippen molar-refractivity contribution in [2.24, 2.45) is 11.3 Å². The van der Waals surface area contributed by atoms with E-state index in [0.29, 0.717) is 5.41 Å². The molecule has 1 saturated carbocycles. The highest BCUT2D eigenvalue weighted by Gasteiger charge is 2.29. The predicted octanol–water partition coefficient (Wildman–Crippen LogP) is 2.79. The lowest BCUT2D eigenvalue weighted by molar-refractivity contribution is 0.154. The Labute approximate surface area is 65.8 Å². The molecule has 0 amide bonds. The van der Waals surface area contributed by atoms with Crippen molar-refractivity contribution in [3.63, 3.8) is 0 Å².